The highest BCUT2D eigenvalue weighted by atomic mass is 35.5. The summed E-state index contributed by atoms with van der Waals surface area (Å²) in [5.74, 6) is 1.66. The van der Waals surface area contributed by atoms with Crippen molar-refractivity contribution in [1.82, 2.24) is 9.55 Å². The van der Waals surface area contributed by atoms with Crippen LogP contribution in [0.4, 0.5) is 11.6 Å². The van der Waals surface area contributed by atoms with Crippen LogP contribution in [0.5, 0.6) is 5.75 Å². The minimum Gasteiger partial charge on any atom is -0.496 e. The lowest BCUT2D eigenvalue weighted by molar-refractivity contribution is 0.416. The van der Waals surface area contributed by atoms with Crippen molar-refractivity contribution in [3.63, 3.8) is 0 Å². The van der Waals surface area contributed by atoms with Gasteiger partial charge in [-0.3, -0.25) is 0 Å². The highest BCUT2D eigenvalue weighted by molar-refractivity contribution is 6.30. The number of benzene rings is 3. The molecule has 1 N–H and O–H groups in total. The van der Waals surface area contributed by atoms with Crippen LogP contribution in [-0.4, -0.2) is 16.7 Å². The number of hydrogen-bond donors (Lipinski definition) is 1. The van der Waals surface area contributed by atoms with E-state index in [2.05, 4.69) is 46.7 Å². The van der Waals surface area contributed by atoms with Crippen LogP contribution < -0.4 is 10.1 Å². The maximum atomic E-state index is 6.18. The molecule has 5 heteroatoms. The van der Waals surface area contributed by atoms with Crippen LogP contribution in [0.25, 0.3) is 11.1 Å². The molecule has 0 spiro atoms. The Labute approximate surface area is 175 Å². The van der Waals surface area contributed by atoms with Gasteiger partial charge < -0.3 is 14.6 Å². The monoisotopic (exact) mass is 403 g/mol. The first-order valence-corrected chi connectivity index (χ1v) is 9.76. The van der Waals surface area contributed by atoms with Gasteiger partial charge in [-0.25, -0.2) is 4.98 Å². The first-order valence-electron chi connectivity index (χ1n) is 9.38. The van der Waals surface area contributed by atoms with E-state index in [0.717, 1.165) is 34.9 Å². The molecule has 0 atom stereocenters. The van der Waals surface area contributed by atoms with E-state index in [0.29, 0.717) is 5.02 Å². The van der Waals surface area contributed by atoms with E-state index in [4.69, 9.17) is 16.3 Å². The van der Waals surface area contributed by atoms with Crippen LogP contribution in [0.3, 0.4) is 0 Å². The zero-order valence-electron chi connectivity index (χ0n) is 16.4. The third kappa shape index (κ3) is 4.44. The molecule has 146 valence electrons. The molecule has 4 nitrogen and oxygen atoms in total. The molecule has 29 heavy (non-hydrogen) atoms. The van der Waals surface area contributed by atoms with E-state index in [9.17, 15) is 0 Å². The Morgan fingerprint density at radius 1 is 1.00 bits per heavy atom. The molecule has 0 amide bonds. The molecule has 3 aromatic carbocycles. The van der Waals surface area contributed by atoms with Crippen molar-refractivity contribution >= 4 is 23.2 Å². The SMILES string of the molecule is COc1ccc(Cc2ccc(Nc3nccn3C)cc2)cc1-c1cccc(Cl)c1. The molecule has 0 aliphatic heterocycles. The number of aryl methyl sites for hydroxylation is 1. The molecular formula is C24H22ClN3O. The maximum absolute atomic E-state index is 6.18. The summed E-state index contributed by atoms with van der Waals surface area (Å²) in [6.07, 6.45) is 4.52. The zero-order valence-corrected chi connectivity index (χ0v) is 17.1. The number of halogens is 1. The van der Waals surface area contributed by atoms with Crippen molar-refractivity contribution in [3.05, 3.63) is 95.3 Å². The summed E-state index contributed by atoms with van der Waals surface area (Å²) in [6.45, 7) is 0. The Morgan fingerprint density at radius 2 is 1.79 bits per heavy atom. The molecule has 4 rings (SSSR count). The van der Waals surface area contributed by atoms with Gasteiger partial charge >= 0.3 is 0 Å². The highest BCUT2D eigenvalue weighted by Crippen LogP contribution is 2.33. The van der Waals surface area contributed by atoms with Crippen molar-refractivity contribution < 1.29 is 4.74 Å². The van der Waals surface area contributed by atoms with Crippen LogP contribution in [0.1, 0.15) is 11.1 Å². The van der Waals surface area contributed by atoms with Gasteiger partial charge in [0.1, 0.15) is 5.75 Å². The zero-order chi connectivity index (χ0) is 20.2. The van der Waals surface area contributed by atoms with Gasteiger partial charge in [-0.1, -0.05) is 41.9 Å². The predicted molar refractivity (Wildman–Crippen MR) is 119 cm³/mol. The van der Waals surface area contributed by atoms with E-state index in [1.165, 1.54) is 11.1 Å². The number of hydrogen-bond acceptors (Lipinski definition) is 3. The first kappa shape index (κ1) is 19.1. The molecule has 0 unspecified atom stereocenters. The second kappa shape index (κ2) is 8.41. The van der Waals surface area contributed by atoms with Gasteiger partial charge in [-0.2, -0.15) is 0 Å². The van der Waals surface area contributed by atoms with Gasteiger partial charge in [0.15, 0.2) is 0 Å². The lowest BCUT2D eigenvalue weighted by Gasteiger charge is -2.12. The van der Waals surface area contributed by atoms with E-state index < -0.39 is 0 Å². The summed E-state index contributed by atoms with van der Waals surface area (Å²) in [5.41, 5.74) is 5.55. The predicted octanol–water partition coefficient (Wildman–Crippen LogP) is 6.08. The average Bonchev–Trinajstić information content (AvgIpc) is 3.14. The fraction of sp³-hybridized carbons (Fsp3) is 0.125. The summed E-state index contributed by atoms with van der Waals surface area (Å²) in [7, 11) is 3.65. The number of aromatic nitrogens is 2. The van der Waals surface area contributed by atoms with Crippen molar-refractivity contribution in [2.45, 2.75) is 6.42 Å². The topological polar surface area (TPSA) is 39.1 Å². The second-order valence-electron chi connectivity index (χ2n) is 6.91. The largest absolute Gasteiger partial charge is 0.496 e. The summed E-state index contributed by atoms with van der Waals surface area (Å²) < 4.78 is 7.51. The number of nitrogens with one attached hydrogen (secondary N) is 1. The molecule has 0 fully saturated rings. The Balaban J connectivity index is 1.55. The van der Waals surface area contributed by atoms with Crippen molar-refractivity contribution in [2.24, 2.45) is 7.05 Å². The second-order valence-corrected chi connectivity index (χ2v) is 7.34. The minimum atomic E-state index is 0.714. The Hall–Kier alpha value is -3.24. The fourth-order valence-electron chi connectivity index (χ4n) is 3.30. The number of anilines is 2. The number of imidazole rings is 1. The molecule has 1 heterocycles. The van der Waals surface area contributed by atoms with E-state index in [1.807, 2.05) is 48.1 Å². The highest BCUT2D eigenvalue weighted by Gasteiger charge is 2.09. The molecular weight excluding hydrogens is 382 g/mol. The van der Waals surface area contributed by atoms with Gasteiger partial charge in [-0.15, -0.1) is 0 Å². The molecule has 0 bridgehead atoms. The Kier molecular flexibility index (Phi) is 5.54. The van der Waals surface area contributed by atoms with Gasteiger partial charge in [-0.05, 0) is 59.5 Å². The number of rotatable bonds is 6. The summed E-state index contributed by atoms with van der Waals surface area (Å²) >= 11 is 6.18. The molecule has 0 aliphatic carbocycles. The van der Waals surface area contributed by atoms with Crippen LogP contribution in [0.15, 0.2) is 79.1 Å². The Morgan fingerprint density at radius 3 is 2.48 bits per heavy atom. The molecule has 4 aromatic rings. The number of methoxy groups -OCH3 is 1. The summed E-state index contributed by atoms with van der Waals surface area (Å²) in [5, 5.41) is 4.03. The van der Waals surface area contributed by atoms with Gasteiger partial charge in [0, 0.05) is 35.7 Å². The van der Waals surface area contributed by atoms with E-state index in [-0.39, 0.29) is 0 Å². The van der Waals surface area contributed by atoms with Crippen molar-refractivity contribution in [3.8, 4) is 16.9 Å². The van der Waals surface area contributed by atoms with Crippen LogP contribution in [0, 0.1) is 0 Å². The summed E-state index contributed by atoms with van der Waals surface area (Å²) in [4.78, 5) is 4.29. The number of ether oxygens (including phenoxy) is 1. The van der Waals surface area contributed by atoms with Gasteiger partial charge in [0.05, 0.1) is 7.11 Å². The van der Waals surface area contributed by atoms with E-state index in [1.54, 1.807) is 13.3 Å². The third-order valence-electron chi connectivity index (χ3n) is 4.84. The van der Waals surface area contributed by atoms with Crippen molar-refractivity contribution in [1.29, 1.82) is 0 Å². The van der Waals surface area contributed by atoms with Crippen LogP contribution in [-0.2, 0) is 13.5 Å². The molecule has 0 aliphatic rings. The molecule has 0 saturated carbocycles. The van der Waals surface area contributed by atoms with Crippen LogP contribution >= 0.6 is 11.6 Å². The van der Waals surface area contributed by atoms with Crippen LogP contribution in [0.2, 0.25) is 5.02 Å². The van der Waals surface area contributed by atoms with Gasteiger partial charge in [0.2, 0.25) is 5.95 Å². The maximum Gasteiger partial charge on any atom is 0.207 e. The molecule has 1 aromatic heterocycles. The third-order valence-corrected chi connectivity index (χ3v) is 5.07. The fourth-order valence-corrected chi connectivity index (χ4v) is 3.49. The molecule has 0 saturated heterocycles. The minimum absolute atomic E-state index is 0.714. The first-order chi connectivity index (χ1) is 14.1. The van der Waals surface area contributed by atoms with Gasteiger partial charge in [0.25, 0.3) is 0 Å². The van der Waals surface area contributed by atoms with Crippen molar-refractivity contribution in [2.75, 3.05) is 12.4 Å². The standard InChI is InChI=1S/C24H22ClN3O/c1-28-13-12-26-24(28)27-21-9-6-17(7-10-21)14-18-8-11-23(29-2)22(15-18)19-4-3-5-20(25)16-19/h3-13,15-16H,14H2,1-2H3,(H,26,27). The quantitative estimate of drug-likeness (QED) is 0.423. The van der Waals surface area contributed by atoms with E-state index >= 15 is 0 Å². The average molecular weight is 404 g/mol. The smallest absolute Gasteiger partial charge is 0.207 e. The Bertz CT molecular complexity index is 1120. The lowest BCUT2D eigenvalue weighted by Crippen LogP contribution is -1.98. The normalized spacial score (nSPS) is 10.7. The number of nitrogens with zero attached hydrogens (tertiary/aromatic N) is 2. The summed E-state index contributed by atoms with van der Waals surface area (Å²) in [6, 6.07) is 22.5. The lowest BCUT2D eigenvalue weighted by atomic mass is 9.98. The molecule has 0 radical (unpaired) electrons.